The van der Waals surface area contributed by atoms with Crippen molar-refractivity contribution >= 4 is 17.7 Å². The van der Waals surface area contributed by atoms with E-state index in [0.717, 1.165) is 18.4 Å². The van der Waals surface area contributed by atoms with Gasteiger partial charge < -0.3 is 5.32 Å². The van der Waals surface area contributed by atoms with Gasteiger partial charge in [0, 0.05) is 0 Å². The lowest BCUT2D eigenvalue weighted by Crippen LogP contribution is -2.34. The second kappa shape index (κ2) is 9.45. The molecule has 1 aromatic heterocycles. The summed E-state index contributed by atoms with van der Waals surface area (Å²) in [6, 6.07) is 15.9. The fraction of sp³-hybridized carbons (Fsp3) is 0.300. The fourth-order valence-electron chi connectivity index (χ4n) is 2.82. The van der Waals surface area contributed by atoms with Crippen LogP contribution in [0.2, 0.25) is 0 Å². The van der Waals surface area contributed by atoms with E-state index in [0.29, 0.717) is 10.8 Å². The number of nitrogens with one attached hydrogen (secondary N) is 1. The van der Waals surface area contributed by atoms with Gasteiger partial charge in [-0.15, -0.1) is 5.10 Å². The Balaban J connectivity index is 1.70. The molecule has 3 aromatic rings. The molecule has 6 nitrogen and oxygen atoms in total. The maximum absolute atomic E-state index is 13.5. The highest BCUT2D eigenvalue weighted by molar-refractivity contribution is 8.00. The maximum Gasteiger partial charge on any atom is 0.233 e. The van der Waals surface area contributed by atoms with Crippen molar-refractivity contribution in [2.75, 3.05) is 0 Å². The Kier molecular flexibility index (Phi) is 6.76. The van der Waals surface area contributed by atoms with E-state index in [1.54, 1.807) is 19.1 Å². The largest absolute Gasteiger partial charge is 0.348 e. The summed E-state index contributed by atoms with van der Waals surface area (Å²) < 4.78 is 14.9. The van der Waals surface area contributed by atoms with Gasteiger partial charge in [-0.3, -0.25) is 4.79 Å². The Bertz CT molecular complexity index is 918. The molecule has 1 N–H and O–H groups in total. The zero-order chi connectivity index (χ0) is 19.9. The van der Waals surface area contributed by atoms with E-state index >= 15 is 0 Å². The molecule has 0 radical (unpaired) electrons. The molecule has 0 saturated carbocycles. The Labute approximate surface area is 167 Å². The van der Waals surface area contributed by atoms with Gasteiger partial charge in [0.05, 0.1) is 17.0 Å². The van der Waals surface area contributed by atoms with Crippen molar-refractivity contribution in [3.05, 3.63) is 66.0 Å². The molecule has 28 heavy (non-hydrogen) atoms. The topological polar surface area (TPSA) is 72.7 Å². The van der Waals surface area contributed by atoms with Crippen molar-refractivity contribution in [2.45, 2.75) is 43.1 Å². The Morgan fingerprint density at radius 3 is 2.71 bits per heavy atom. The van der Waals surface area contributed by atoms with Crippen LogP contribution in [-0.4, -0.2) is 31.4 Å². The van der Waals surface area contributed by atoms with E-state index in [1.165, 1.54) is 28.6 Å². The van der Waals surface area contributed by atoms with Gasteiger partial charge in [-0.2, -0.15) is 4.68 Å². The summed E-state index contributed by atoms with van der Waals surface area (Å²) in [5, 5.41) is 14.7. The number of carbonyl (C=O) groups is 1. The van der Waals surface area contributed by atoms with Crippen LogP contribution in [0.15, 0.2) is 59.8 Å². The van der Waals surface area contributed by atoms with Crippen molar-refractivity contribution in [3.8, 4) is 5.69 Å². The van der Waals surface area contributed by atoms with Crippen LogP contribution in [0.4, 0.5) is 4.39 Å². The fourth-order valence-corrected chi connectivity index (χ4v) is 3.64. The third kappa shape index (κ3) is 4.95. The van der Waals surface area contributed by atoms with Crippen molar-refractivity contribution in [1.29, 1.82) is 0 Å². The molecule has 0 aliphatic heterocycles. The molecule has 3 rings (SSSR count). The average Bonchev–Trinajstić information content (AvgIpc) is 3.16. The first-order chi connectivity index (χ1) is 13.6. The molecule has 1 heterocycles. The van der Waals surface area contributed by atoms with Crippen LogP contribution in [-0.2, 0) is 4.79 Å². The molecule has 2 unspecified atom stereocenters. The molecular formula is C20H22FN5OS. The SMILES string of the molecule is CCCC(NC(=O)C(C)Sc1nnnn1-c1cccc(F)c1)c1ccccc1. The molecule has 2 atom stereocenters. The van der Waals surface area contributed by atoms with Crippen molar-refractivity contribution in [3.63, 3.8) is 0 Å². The van der Waals surface area contributed by atoms with Crippen molar-refractivity contribution < 1.29 is 9.18 Å². The van der Waals surface area contributed by atoms with E-state index in [4.69, 9.17) is 0 Å². The summed E-state index contributed by atoms with van der Waals surface area (Å²) in [5.41, 5.74) is 1.59. The van der Waals surface area contributed by atoms with Gasteiger partial charge in [0.1, 0.15) is 5.82 Å². The van der Waals surface area contributed by atoms with E-state index < -0.39 is 5.25 Å². The van der Waals surface area contributed by atoms with Gasteiger partial charge in [-0.25, -0.2) is 4.39 Å². The number of aromatic nitrogens is 4. The summed E-state index contributed by atoms with van der Waals surface area (Å²) in [6.07, 6.45) is 1.81. The average molecular weight is 399 g/mol. The second-order valence-corrected chi connectivity index (χ2v) is 7.68. The van der Waals surface area contributed by atoms with Gasteiger partial charge in [-0.1, -0.05) is 61.5 Å². The smallest absolute Gasteiger partial charge is 0.233 e. The molecule has 0 fully saturated rings. The van der Waals surface area contributed by atoms with Crippen molar-refractivity contribution in [1.82, 2.24) is 25.5 Å². The van der Waals surface area contributed by atoms with Gasteiger partial charge in [-0.05, 0) is 47.5 Å². The quantitative estimate of drug-likeness (QED) is 0.581. The van der Waals surface area contributed by atoms with E-state index in [-0.39, 0.29) is 17.8 Å². The highest BCUT2D eigenvalue weighted by Crippen LogP contribution is 2.25. The lowest BCUT2D eigenvalue weighted by atomic mass is 10.0. The summed E-state index contributed by atoms with van der Waals surface area (Å²) in [4.78, 5) is 12.8. The summed E-state index contributed by atoms with van der Waals surface area (Å²) in [5.74, 6) is -0.471. The highest BCUT2D eigenvalue weighted by Gasteiger charge is 2.22. The molecule has 0 aliphatic rings. The minimum Gasteiger partial charge on any atom is -0.348 e. The zero-order valence-corrected chi connectivity index (χ0v) is 16.6. The first-order valence-corrected chi connectivity index (χ1v) is 10.0. The number of hydrogen-bond donors (Lipinski definition) is 1. The maximum atomic E-state index is 13.5. The molecule has 2 aromatic carbocycles. The molecule has 1 amide bonds. The van der Waals surface area contributed by atoms with Crippen LogP contribution < -0.4 is 5.32 Å². The minimum absolute atomic E-state index is 0.0408. The van der Waals surface area contributed by atoms with E-state index in [9.17, 15) is 9.18 Å². The number of rotatable bonds is 8. The van der Waals surface area contributed by atoms with E-state index in [2.05, 4.69) is 27.8 Å². The molecule has 0 aliphatic carbocycles. The lowest BCUT2D eigenvalue weighted by Gasteiger charge is -2.21. The first-order valence-electron chi connectivity index (χ1n) is 9.14. The van der Waals surface area contributed by atoms with Gasteiger partial charge in [0.25, 0.3) is 0 Å². The Morgan fingerprint density at radius 2 is 2.00 bits per heavy atom. The standard InChI is InChI=1S/C20H22FN5OS/c1-3-8-18(15-9-5-4-6-10-15)22-19(27)14(2)28-20-23-24-25-26(20)17-12-7-11-16(21)13-17/h4-7,9-14,18H,3,8H2,1-2H3,(H,22,27). The van der Waals surface area contributed by atoms with Crippen LogP contribution in [0, 0.1) is 5.82 Å². The van der Waals surface area contributed by atoms with Gasteiger partial charge >= 0.3 is 0 Å². The van der Waals surface area contributed by atoms with Crippen LogP contribution in [0.5, 0.6) is 0 Å². The molecule has 0 spiro atoms. The number of thioether (sulfide) groups is 1. The summed E-state index contributed by atoms with van der Waals surface area (Å²) in [6.45, 7) is 3.89. The van der Waals surface area contributed by atoms with Crippen molar-refractivity contribution in [2.24, 2.45) is 0 Å². The Hall–Kier alpha value is -2.74. The third-order valence-electron chi connectivity index (χ3n) is 4.24. The third-order valence-corrected chi connectivity index (χ3v) is 5.27. The molecule has 146 valence electrons. The predicted molar refractivity (Wildman–Crippen MR) is 107 cm³/mol. The zero-order valence-electron chi connectivity index (χ0n) is 15.7. The molecule has 0 saturated heterocycles. The number of amides is 1. The number of tetrazole rings is 1. The molecular weight excluding hydrogens is 377 g/mol. The number of hydrogen-bond acceptors (Lipinski definition) is 5. The number of nitrogens with zero attached hydrogens (tertiary/aromatic N) is 4. The van der Waals surface area contributed by atoms with Gasteiger partial charge in [0.2, 0.25) is 11.1 Å². The monoisotopic (exact) mass is 399 g/mol. The summed E-state index contributed by atoms with van der Waals surface area (Å²) in [7, 11) is 0. The molecule has 0 bridgehead atoms. The predicted octanol–water partition coefficient (Wildman–Crippen LogP) is 3.94. The second-order valence-electron chi connectivity index (χ2n) is 6.37. The number of benzene rings is 2. The van der Waals surface area contributed by atoms with Crippen LogP contribution in [0.25, 0.3) is 5.69 Å². The minimum atomic E-state index is -0.415. The summed E-state index contributed by atoms with van der Waals surface area (Å²) >= 11 is 1.23. The highest BCUT2D eigenvalue weighted by atomic mass is 32.2. The lowest BCUT2D eigenvalue weighted by molar-refractivity contribution is -0.121. The van der Waals surface area contributed by atoms with Crippen LogP contribution in [0.1, 0.15) is 38.3 Å². The normalized spacial score (nSPS) is 13.1. The first kappa shape index (κ1) is 20.0. The van der Waals surface area contributed by atoms with E-state index in [1.807, 2.05) is 30.3 Å². The van der Waals surface area contributed by atoms with Crippen LogP contribution >= 0.6 is 11.8 Å². The van der Waals surface area contributed by atoms with Crippen LogP contribution in [0.3, 0.4) is 0 Å². The number of carbonyl (C=O) groups excluding carboxylic acids is 1. The Morgan fingerprint density at radius 1 is 1.21 bits per heavy atom. The molecule has 8 heteroatoms. The number of halogens is 1. The van der Waals surface area contributed by atoms with Gasteiger partial charge in [0.15, 0.2) is 0 Å².